The SMILES string of the molecule is CC(C=CCCC=CC=CC=CC=CC(=O)NC1=C(O)CCC1=O)C(O)C(C)C(O)C=CC=CC=CC=CC=CCC(OC1OC(C)C(O)C(O)C1O)C(C)C(=O)CC(O)CC(O)CC(O)C=CCC(O)CC(O)CC(O)CC(O)C=CCC(O)CC(O)CCCN. The molecule has 0 spiro atoms. The van der Waals surface area contributed by atoms with Crippen molar-refractivity contribution in [1.82, 2.24) is 5.32 Å². The molecule has 0 aromatic rings. The molecule has 0 saturated carbocycles. The first-order valence-corrected chi connectivity index (χ1v) is 32.1. The van der Waals surface area contributed by atoms with Crippen molar-refractivity contribution < 1.29 is 100 Å². The Morgan fingerprint density at radius 2 is 1.09 bits per heavy atom. The van der Waals surface area contributed by atoms with Crippen molar-refractivity contribution in [2.24, 2.45) is 23.5 Å². The fourth-order valence-corrected chi connectivity index (χ4v) is 9.94. The quantitative estimate of drug-likeness (QED) is 0.0177. The van der Waals surface area contributed by atoms with Crippen LogP contribution in [0.15, 0.2) is 157 Å². The van der Waals surface area contributed by atoms with Crippen LogP contribution in [0.3, 0.4) is 0 Å². The smallest absolute Gasteiger partial charge is 0.248 e. The van der Waals surface area contributed by atoms with Gasteiger partial charge in [0, 0.05) is 55.9 Å². The van der Waals surface area contributed by atoms with Crippen molar-refractivity contribution in [3.63, 3.8) is 0 Å². The fraction of sp³-hybridized carbons (Fsp3) is 0.586. The van der Waals surface area contributed by atoms with Crippen molar-refractivity contribution in [3.8, 4) is 0 Å². The van der Waals surface area contributed by atoms with E-state index in [0.29, 0.717) is 19.4 Å². The Hall–Kier alpha value is -5.45. The number of rotatable bonds is 46. The van der Waals surface area contributed by atoms with Crippen LogP contribution in [0.5, 0.6) is 0 Å². The molecule has 1 heterocycles. The first-order chi connectivity index (χ1) is 43.7. The van der Waals surface area contributed by atoms with Crippen LogP contribution in [0.1, 0.15) is 130 Å². The van der Waals surface area contributed by atoms with Gasteiger partial charge in [0.1, 0.15) is 35.6 Å². The van der Waals surface area contributed by atoms with E-state index in [1.54, 1.807) is 98.9 Å². The van der Waals surface area contributed by atoms with E-state index in [4.69, 9.17) is 15.2 Å². The Kier molecular flexibility index (Phi) is 42.6. The topological polar surface area (TPSA) is 411 Å². The molecule has 0 bridgehead atoms. The van der Waals surface area contributed by atoms with Gasteiger partial charge in [-0.2, -0.15) is 0 Å². The molecule has 20 unspecified atom stereocenters. The molecule has 92 heavy (non-hydrogen) atoms. The zero-order valence-corrected chi connectivity index (χ0v) is 53.8. The van der Waals surface area contributed by atoms with Crippen LogP contribution < -0.4 is 11.1 Å². The van der Waals surface area contributed by atoms with E-state index in [0.717, 1.165) is 12.8 Å². The maximum Gasteiger partial charge on any atom is 0.248 e. The number of amides is 1. The largest absolute Gasteiger partial charge is 0.510 e. The van der Waals surface area contributed by atoms with Crippen LogP contribution in [0, 0.1) is 17.8 Å². The molecule has 0 aromatic heterocycles. The lowest BCUT2D eigenvalue weighted by Crippen LogP contribution is -2.58. The van der Waals surface area contributed by atoms with Gasteiger partial charge in [-0.3, -0.25) is 14.4 Å². The molecule has 2 aliphatic rings. The van der Waals surface area contributed by atoms with Gasteiger partial charge in [-0.25, -0.2) is 0 Å². The van der Waals surface area contributed by atoms with Crippen molar-refractivity contribution in [2.75, 3.05) is 6.54 Å². The highest BCUT2D eigenvalue weighted by Crippen LogP contribution is 2.28. The minimum atomic E-state index is -1.65. The number of aliphatic hydroxyl groups is 15. The van der Waals surface area contributed by atoms with Crippen molar-refractivity contribution in [2.45, 2.75) is 234 Å². The lowest BCUT2D eigenvalue weighted by atomic mass is 9.88. The number of hydrogen-bond donors (Lipinski definition) is 17. The molecule has 18 N–H and O–H groups in total. The Balaban J connectivity index is 1.81. The number of allylic oxidation sites excluding steroid dienone is 18. The number of aliphatic hydroxyl groups excluding tert-OH is 15. The number of carbonyl (C=O) groups excluding carboxylic acids is 3. The molecule has 1 amide bonds. The number of ketones is 2. The minimum Gasteiger partial charge on any atom is -0.510 e. The number of unbranched alkanes of at least 4 members (excludes halogenated alkanes) is 1. The summed E-state index contributed by atoms with van der Waals surface area (Å²) in [6, 6.07) is 0. The van der Waals surface area contributed by atoms with E-state index in [1.165, 1.54) is 37.3 Å². The van der Waals surface area contributed by atoms with Gasteiger partial charge in [0.25, 0.3) is 0 Å². The highest BCUT2D eigenvalue weighted by molar-refractivity contribution is 6.03. The Morgan fingerprint density at radius 3 is 1.66 bits per heavy atom. The molecule has 518 valence electrons. The summed E-state index contributed by atoms with van der Waals surface area (Å²) >= 11 is 0. The molecule has 20 atom stereocenters. The summed E-state index contributed by atoms with van der Waals surface area (Å²) in [6.07, 6.45) is 23.8. The molecular formula is C70H108N2O20. The van der Waals surface area contributed by atoms with Gasteiger partial charge in [-0.15, -0.1) is 0 Å². The number of nitrogens with two attached hydrogens (primary N) is 1. The molecule has 22 heteroatoms. The van der Waals surface area contributed by atoms with E-state index in [2.05, 4.69) is 5.32 Å². The van der Waals surface area contributed by atoms with E-state index < -0.39 is 134 Å². The van der Waals surface area contributed by atoms with Crippen LogP contribution >= 0.6 is 0 Å². The van der Waals surface area contributed by atoms with Gasteiger partial charge in [0.15, 0.2) is 12.1 Å². The van der Waals surface area contributed by atoms with Gasteiger partial charge in [0.05, 0.1) is 79.4 Å². The highest BCUT2D eigenvalue weighted by atomic mass is 16.7. The second kappa shape index (κ2) is 47.4. The predicted octanol–water partition coefficient (Wildman–Crippen LogP) is 3.99. The molecule has 2 rings (SSSR count). The lowest BCUT2D eigenvalue weighted by Gasteiger charge is -2.41. The number of ether oxygens (including phenoxy) is 2. The van der Waals surface area contributed by atoms with Crippen LogP contribution in [0.25, 0.3) is 0 Å². The van der Waals surface area contributed by atoms with Gasteiger partial charge < -0.3 is 97.1 Å². The monoisotopic (exact) mass is 1300 g/mol. The summed E-state index contributed by atoms with van der Waals surface area (Å²) < 4.78 is 11.7. The van der Waals surface area contributed by atoms with Gasteiger partial charge in [-0.05, 0) is 84.1 Å². The average Bonchev–Trinajstić information content (AvgIpc) is 1.04. The highest BCUT2D eigenvalue weighted by Gasteiger charge is 2.44. The zero-order chi connectivity index (χ0) is 68.5. The van der Waals surface area contributed by atoms with Crippen molar-refractivity contribution in [1.29, 1.82) is 0 Å². The Morgan fingerprint density at radius 1 is 0.576 bits per heavy atom. The standard InChI is InChI=1S/C70H108N2O20/c1-46(27-20-16-12-8-5-6-11-15-19-23-35-64(86)72-65-60(83)36-37-61(65)84)66(87)48(3)59(82)33-21-17-13-9-7-10-14-18-22-34-63(92-70-69(90)68(89)67(88)49(4)91-70)47(2)62(85)45-58(81)44-57(80)42-53(76)31-25-30-52(75)41-56(79)43-55(78)40-51(74)29-24-28-50(73)39-54(77)32-26-38-71/h5-11,13-15,17-25,27,29,31,33,35,46-59,63,66-70,73-83,87-90H,12,16,26,28,30,32,34,36-45,71H2,1-4H3,(H,72,86). The normalized spacial score (nSPS) is 24.1. The summed E-state index contributed by atoms with van der Waals surface area (Å²) in [5.74, 6) is -2.90. The maximum atomic E-state index is 13.6. The predicted molar refractivity (Wildman–Crippen MR) is 351 cm³/mol. The third-order valence-corrected chi connectivity index (χ3v) is 15.6. The summed E-state index contributed by atoms with van der Waals surface area (Å²) in [6.45, 7) is 7.16. The molecular weight excluding hydrogens is 1190 g/mol. The average molecular weight is 1300 g/mol. The third kappa shape index (κ3) is 35.7. The second-order valence-corrected chi connectivity index (χ2v) is 23.9. The van der Waals surface area contributed by atoms with Crippen molar-refractivity contribution >= 4 is 17.5 Å². The van der Waals surface area contributed by atoms with Gasteiger partial charge >= 0.3 is 0 Å². The van der Waals surface area contributed by atoms with Gasteiger partial charge in [0.2, 0.25) is 5.91 Å². The number of carbonyl (C=O) groups is 3. The van der Waals surface area contributed by atoms with Gasteiger partial charge in [-0.1, -0.05) is 161 Å². The van der Waals surface area contributed by atoms with Crippen LogP contribution in [-0.4, -0.2) is 205 Å². The first kappa shape index (κ1) is 82.6. The molecule has 1 aliphatic heterocycles. The van der Waals surface area contributed by atoms with Crippen LogP contribution in [-0.2, 0) is 23.9 Å². The van der Waals surface area contributed by atoms with E-state index in [9.17, 15) is 91.0 Å². The summed E-state index contributed by atoms with van der Waals surface area (Å²) in [5.41, 5.74) is 5.40. The maximum absolute atomic E-state index is 13.6. The summed E-state index contributed by atoms with van der Waals surface area (Å²) in [7, 11) is 0. The molecule has 0 radical (unpaired) electrons. The zero-order valence-electron chi connectivity index (χ0n) is 53.8. The lowest BCUT2D eigenvalue weighted by molar-refractivity contribution is -0.306. The summed E-state index contributed by atoms with van der Waals surface area (Å²) in [4.78, 5) is 37.2. The Labute approximate surface area is 542 Å². The third-order valence-electron chi connectivity index (χ3n) is 15.6. The number of Topliss-reactive ketones (excluding diaryl/α,β-unsaturated/α-hetero) is 2. The molecule has 0 aromatic carbocycles. The molecule has 1 aliphatic carbocycles. The second-order valence-electron chi connectivity index (χ2n) is 23.9. The molecule has 1 fully saturated rings. The van der Waals surface area contributed by atoms with E-state index in [1.807, 2.05) is 37.3 Å². The minimum absolute atomic E-state index is 0.0207. The number of nitrogens with one attached hydrogen (secondary N) is 1. The van der Waals surface area contributed by atoms with Crippen molar-refractivity contribution in [3.05, 3.63) is 157 Å². The first-order valence-electron chi connectivity index (χ1n) is 32.1. The fourth-order valence-electron chi connectivity index (χ4n) is 9.94. The van der Waals surface area contributed by atoms with E-state index >= 15 is 0 Å². The Bertz CT molecular complexity index is 2520. The number of hydrogen-bond acceptors (Lipinski definition) is 21. The van der Waals surface area contributed by atoms with Crippen LogP contribution in [0.2, 0.25) is 0 Å². The molecule has 1 saturated heterocycles. The molecule has 22 nitrogen and oxygen atoms in total. The van der Waals surface area contributed by atoms with E-state index in [-0.39, 0.29) is 93.8 Å². The van der Waals surface area contributed by atoms with Crippen LogP contribution in [0.4, 0.5) is 0 Å². The summed E-state index contributed by atoms with van der Waals surface area (Å²) in [5, 5.41) is 159.